The normalized spacial score (nSPS) is 21.1. The Morgan fingerprint density at radius 2 is 1.91 bits per heavy atom. The van der Waals surface area contributed by atoms with E-state index in [0.717, 1.165) is 42.5 Å². The highest BCUT2D eigenvalue weighted by molar-refractivity contribution is 7.98. The number of halogens is 2. The lowest BCUT2D eigenvalue weighted by molar-refractivity contribution is -0.0448. The van der Waals surface area contributed by atoms with Gasteiger partial charge in [0, 0.05) is 57.0 Å². The average Bonchev–Trinajstić information content (AvgIpc) is 3.12. The van der Waals surface area contributed by atoms with E-state index in [1.54, 1.807) is 12.1 Å². The summed E-state index contributed by atoms with van der Waals surface area (Å²) in [6, 6.07) is 6.43. The van der Waals surface area contributed by atoms with Crippen LogP contribution in [0, 0.1) is 11.3 Å². The monoisotopic (exact) mass is 463 g/mol. The van der Waals surface area contributed by atoms with Crippen LogP contribution in [-0.2, 0) is 0 Å². The van der Waals surface area contributed by atoms with Crippen molar-refractivity contribution in [1.82, 2.24) is 9.21 Å². The van der Waals surface area contributed by atoms with Crippen LogP contribution in [0.2, 0.25) is 0 Å². The number of rotatable bonds is 5. The van der Waals surface area contributed by atoms with E-state index >= 15 is 0 Å². The van der Waals surface area contributed by atoms with E-state index in [4.69, 9.17) is 4.99 Å². The highest BCUT2D eigenvalue weighted by atomic mass is 32.2. The van der Waals surface area contributed by atoms with Gasteiger partial charge in [-0.3, -0.25) is 9.30 Å². The molecule has 32 heavy (non-hydrogen) atoms. The number of benzene rings is 1. The van der Waals surface area contributed by atoms with E-state index in [0.29, 0.717) is 18.8 Å². The molecular formula is C24H35F2N5S. The molecule has 1 saturated carbocycles. The van der Waals surface area contributed by atoms with E-state index in [-0.39, 0.29) is 18.3 Å². The van der Waals surface area contributed by atoms with Crippen LogP contribution in [0.4, 0.5) is 25.8 Å². The Bertz CT molecular complexity index is 885. The molecule has 5 nitrogen and oxygen atoms in total. The molecule has 0 atom stereocenters. The molecule has 2 aliphatic heterocycles. The van der Waals surface area contributed by atoms with Gasteiger partial charge in [0.05, 0.1) is 35.7 Å². The summed E-state index contributed by atoms with van der Waals surface area (Å²) in [4.78, 5) is 9.55. The molecule has 1 aliphatic carbocycles. The van der Waals surface area contributed by atoms with E-state index in [1.807, 2.05) is 0 Å². The first kappa shape index (κ1) is 23.2. The van der Waals surface area contributed by atoms with Crippen LogP contribution in [0.1, 0.15) is 46.5 Å². The summed E-state index contributed by atoms with van der Waals surface area (Å²) in [5.74, 6) is -2.18. The molecule has 0 amide bonds. The maximum Gasteiger partial charge on any atom is 0.248 e. The molecule has 3 aliphatic rings. The Hall–Kier alpha value is -1.96. The number of aliphatic imine (C=N–C) groups is 1. The van der Waals surface area contributed by atoms with Crippen molar-refractivity contribution >= 4 is 34.9 Å². The number of hydrogen-bond acceptors (Lipinski definition) is 6. The third-order valence-electron chi connectivity index (χ3n) is 6.52. The van der Waals surface area contributed by atoms with E-state index in [2.05, 4.69) is 83.9 Å². The zero-order valence-electron chi connectivity index (χ0n) is 19.8. The van der Waals surface area contributed by atoms with Crippen molar-refractivity contribution in [2.45, 2.75) is 52.4 Å². The highest BCUT2D eigenvalue weighted by Crippen LogP contribution is 2.42. The fraction of sp³-hybridized carbons (Fsp3) is 0.625. The van der Waals surface area contributed by atoms with Crippen LogP contribution in [0.25, 0.3) is 0 Å². The standard InChI is InChI=1S/C24H35F2N5S/c1-23(2,3)22-16-30(15-18-8-10-24(25,26)11-9-18)21-7-6-19(14-20(21)27-22)29(5)32-31-13-12-28(4)17-31/h6-7,12-14,18H,8-11,15-17H2,1-5H3. The van der Waals surface area contributed by atoms with Crippen molar-refractivity contribution < 1.29 is 8.78 Å². The van der Waals surface area contributed by atoms with Crippen molar-refractivity contribution in [2.75, 3.05) is 43.1 Å². The second-order valence-electron chi connectivity index (χ2n) is 10.4. The minimum atomic E-state index is -2.48. The van der Waals surface area contributed by atoms with E-state index < -0.39 is 5.92 Å². The summed E-state index contributed by atoms with van der Waals surface area (Å²) in [6.45, 7) is 9.00. The maximum atomic E-state index is 13.7. The summed E-state index contributed by atoms with van der Waals surface area (Å²) in [7, 11) is 4.12. The Morgan fingerprint density at radius 3 is 2.53 bits per heavy atom. The van der Waals surface area contributed by atoms with Crippen molar-refractivity contribution in [3.05, 3.63) is 30.6 Å². The summed E-state index contributed by atoms with van der Waals surface area (Å²) >= 11 is 1.66. The minimum absolute atomic E-state index is 0.0136. The minimum Gasteiger partial charge on any atom is -0.364 e. The summed E-state index contributed by atoms with van der Waals surface area (Å²) < 4.78 is 31.6. The largest absolute Gasteiger partial charge is 0.364 e. The van der Waals surface area contributed by atoms with Gasteiger partial charge in [0.2, 0.25) is 5.92 Å². The molecule has 1 aromatic rings. The molecule has 0 spiro atoms. The molecule has 4 rings (SSSR count). The number of alkyl halides is 2. The molecule has 0 N–H and O–H groups in total. The van der Waals surface area contributed by atoms with Crippen molar-refractivity contribution in [3.63, 3.8) is 0 Å². The van der Waals surface area contributed by atoms with E-state index in [1.165, 1.54) is 0 Å². The van der Waals surface area contributed by atoms with Crippen molar-refractivity contribution in [1.29, 1.82) is 0 Å². The van der Waals surface area contributed by atoms with Gasteiger partial charge in [-0.1, -0.05) is 20.8 Å². The lowest BCUT2D eigenvalue weighted by atomic mass is 9.85. The quantitative estimate of drug-likeness (QED) is 0.490. The number of fused-ring (bicyclic) bond motifs is 1. The number of anilines is 2. The number of nitrogens with zero attached hydrogens (tertiary/aromatic N) is 5. The van der Waals surface area contributed by atoms with Crippen LogP contribution in [-0.4, -0.2) is 54.7 Å². The first-order chi connectivity index (χ1) is 15.0. The fourth-order valence-electron chi connectivity index (χ4n) is 4.43. The molecule has 176 valence electrons. The molecule has 0 bridgehead atoms. The van der Waals surface area contributed by atoms with Crippen LogP contribution >= 0.6 is 12.1 Å². The van der Waals surface area contributed by atoms with Crippen molar-refractivity contribution in [2.24, 2.45) is 16.3 Å². The zero-order valence-corrected chi connectivity index (χ0v) is 20.6. The Labute approximate surface area is 195 Å². The molecule has 0 saturated heterocycles. The Morgan fingerprint density at radius 1 is 1.19 bits per heavy atom. The van der Waals surface area contributed by atoms with Gasteiger partial charge in [-0.25, -0.2) is 8.78 Å². The summed E-state index contributed by atoms with van der Waals surface area (Å²) in [5.41, 5.74) is 4.27. The van der Waals surface area contributed by atoms with Crippen LogP contribution in [0.3, 0.4) is 0 Å². The first-order valence-corrected chi connectivity index (χ1v) is 12.2. The third-order valence-corrected chi connectivity index (χ3v) is 7.42. The Kier molecular flexibility index (Phi) is 6.36. The SMILES string of the molecule is CN1C=CN(SN(C)c2ccc3c(c2)N=C(C(C)(C)C)CN3CC2CCC(F)(F)CC2)C1. The lowest BCUT2D eigenvalue weighted by Gasteiger charge is -2.39. The molecule has 0 unspecified atom stereocenters. The lowest BCUT2D eigenvalue weighted by Crippen LogP contribution is -2.42. The molecule has 0 radical (unpaired) electrons. The summed E-state index contributed by atoms with van der Waals surface area (Å²) in [5, 5.41) is 0. The van der Waals surface area contributed by atoms with Gasteiger partial charge >= 0.3 is 0 Å². The van der Waals surface area contributed by atoms with Gasteiger partial charge in [-0.05, 0) is 37.0 Å². The van der Waals surface area contributed by atoms with Gasteiger partial charge in [0.15, 0.2) is 0 Å². The molecular weight excluding hydrogens is 428 g/mol. The van der Waals surface area contributed by atoms with Crippen LogP contribution < -0.4 is 9.21 Å². The highest BCUT2D eigenvalue weighted by Gasteiger charge is 2.36. The van der Waals surface area contributed by atoms with Crippen LogP contribution in [0.5, 0.6) is 0 Å². The molecule has 8 heteroatoms. The van der Waals surface area contributed by atoms with Gasteiger partial charge in [-0.15, -0.1) is 0 Å². The molecule has 1 fully saturated rings. The van der Waals surface area contributed by atoms with Gasteiger partial charge < -0.3 is 14.1 Å². The predicted octanol–water partition coefficient (Wildman–Crippen LogP) is 6.13. The Balaban J connectivity index is 1.54. The van der Waals surface area contributed by atoms with Gasteiger partial charge in [0.1, 0.15) is 6.67 Å². The molecule has 0 aromatic heterocycles. The first-order valence-electron chi connectivity index (χ1n) is 11.4. The maximum absolute atomic E-state index is 13.7. The molecule has 1 aromatic carbocycles. The van der Waals surface area contributed by atoms with E-state index in [9.17, 15) is 8.78 Å². The second-order valence-corrected chi connectivity index (χ2v) is 11.5. The van der Waals surface area contributed by atoms with Gasteiger partial charge in [0.25, 0.3) is 0 Å². The zero-order chi connectivity index (χ0) is 23.1. The fourth-order valence-corrected chi connectivity index (χ4v) is 5.30. The second kappa shape index (κ2) is 8.76. The third kappa shape index (κ3) is 5.33. The number of hydrogen-bond donors (Lipinski definition) is 0. The smallest absolute Gasteiger partial charge is 0.248 e. The van der Waals surface area contributed by atoms with Gasteiger partial charge in [-0.2, -0.15) is 0 Å². The topological polar surface area (TPSA) is 25.3 Å². The average molecular weight is 464 g/mol. The predicted molar refractivity (Wildman–Crippen MR) is 132 cm³/mol. The summed E-state index contributed by atoms with van der Waals surface area (Å²) in [6.07, 6.45) is 5.35. The van der Waals surface area contributed by atoms with Crippen LogP contribution in [0.15, 0.2) is 35.6 Å². The van der Waals surface area contributed by atoms with Crippen molar-refractivity contribution in [3.8, 4) is 0 Å². The molecule has 2 heterocycles.